The maximum Gasteiger partial charge on any atom is 0.224 e. The molecule has 3 aromatic rings. The van der Waals surface area contributed by atoms with Gasteiger partial charge in [0.25, 0.3) is 0 Å². The van der Waals surface area contributed by atoms with E-state index in [1.807, 2.05) is 36.5 Å². The lowest BCUT2D eigenvalue weighted by molar-refractivity contribution is -0.116. The van der Waals surface area contributed by atoms with Crippen LogP contribution < -0.4 is 14.8 Å². The van der Waals surface area contributed by atoms with Crippen molar-refractivity contribution in [3.63, 3.8) is 0 Å². The number of amides is 1. The molecular weight excluding hydrogens is 366 g/mol. The third kappa shape index (κ3) is 4.60. The smallest absolute Gasteiger partial charge is 0.224 e. The number of ether oxygens (including phenoxy) is 2. The Morgan fingerprint density at radius 3 is 2.67 bits per heavy atom. The number of anilines is 1. The van der Waals surface area contributed by atoms with Crippen LogP contribution in [0.3, 0.4) is 0 Å². The van der Waals surface area contributed by atoms with E-state index in [2.05, 4.69) is 10.4 Å². The van der Waals surface area contributed by atoms with Crippen molar-refractivity contribution in [1.29, 1.82) is 0 Å². The quantitative estimate of drug-likeness (QED) is 0.664. The summed E-state index contributed by atoms with van der Waals surface area (Å²) in [6.07, 6.45) is 4.38. The number of rotatable bonds is 7. The lowest BCUT2D eigenvalue weighted by Gasteiger charge is -2.12. The van der Waals surface area contributed by atoms with Crippen molar-refractivity contribution >= 4 is 23.2 Å². The zero-order valence-electron chi connectivity index (χ0n) is 15.1. The summed E-state index contributed by atoms with van der Waals surface area (Å²) < 4.78 is 12.2. The normalized spacial score (nSPS) is 10.5. The molecule has 1 heterocycles. The molecule has 1 aromatic heterocycles. The molecule has 0 unspecified atom stereocenters. The van der Waals surface area contributed by atoms with Gasteiger partial charge in [0, 0.05) is 23.8 Å². The second-order valence-corrected chi connectivity index (χ2v) is 6.29. The molecule has 0 aliphatic heterocycles. The second-order valence-electron chi connectivity index (χ2n) is 5.85. The monoisotopic (exact) mass is 385 g/mol. The van der Waals surface area contributed by atoms with Gasteiger partial charge in [-0.25, -0.2) is 4.68 Å². The van der Waals surface area contributed by atoms with E-state index in [1.165, 1.54) is 0 Å². The van der Waals surface area contributed by atoms with Crippen LogP contribution >= 0.6 is 11.6 Å². The van der Waals surface area contributed by atoms with Crippen molar-refractivity contribution in [2.45, 2.75) is 12.8 Å². The van der Waals surface area contributed by atoms with Crippen LogP contribution in [0.5, 0.6) is 11.5 Å². The standard InChI is InChI=1S/C20H20ClN3O3/c1-26-18-8-4-14(12-19(18)27-2)5-9-20(25)23-16-13-15(21)6-7-17(16)24-11-3-10-22-24/h3-4,6-8,10-13H,5,9H2,1-2H3,(H,23,25). The molecule has 0 bridgehead atoms. The molecule has 0 radical (unpaired) electrons. The molecule has 0 saturated heterocycles. The average molecular weight is 386 g/mol. The first-order valence-corrected chi connectivity index (χ1v) is 8.79. The molecule has 1 amide bonds. The van der Waals surface area contributed by atoms with E-state index in [0.717, 1.165) is 11.3 Å². The Labute approximate surface area is 162 Å². The Morgan fingerprint density at radius 2 is 1.96 bits per heavy atom. The summed E-state index contributed by atoms with van der Waals surface area (Å²) in [5.74, 6) is 1.19. The second kappa shape index (κ2) is 8.60. The van der Waals surface area contributed by atoms with Gasteiger partial charge in [0.2, 0.25) is 5.91 Å². The van der Waals surface area contributed by atoms with E-state index >= 15 is 0 Å². The number of halogens is 1. The van der Waals surface area contributed by atoms with Crippen molar-refractivity contribution in [3.05, 3.63) is 65.4 Å². The highest BCUT2D eigenvalue weighted by Gasteiger charge is 2.11. The first-order valence-electron chi connectivity index (χ1n) is 8.41. The summed E-state index contributed by atoms with van der Waals surface area (Å²) >= 11 is 6.09. The Balaban J connectivity index is 1.69. The first kappa shape index (κ1) is 18.8. The molecule has 1 N–H and O–H groups in total. The van der Waals surface area contributed by atoms with Crippen molar-refractivity contribution in [1.82, 2.24) is 9.78 Å². The van der Waals surface area contributed by atoms with Crippen LogP contribution in [-0.2, 0) is 11.2 Å². The van der Waals surface area contributed by atoms with E-state index in [1.54, 1.807) is 37.2 Å². The van der Waals surface area contributed by atoms with Crippen molar-refractivity contribution in [2.75, 3.05) is 19.5 Å². The molecule has 7 heteroatoms. The fourth-order valence-electron chi connectivity index (χ4n) is 2.73. The molecule has 0 saturated carbocycles. The fourth-order valence-corrected chi connectivity index (χ4v) is 2.90. The zero-order valence-corrected chi connectivity index (χ0v) is 15.9. The van der Waals surface area contributed by atoms with Crippen LogP contribution in [0, 0.1) is 0 Å². The Hall–Kier alpha value is -2.99. The van der Waals surface area contributed by atoms with Gasteiger partial charge in [-0.15, -0.1) is 0 Å². The number of nitrogens with zero attached hydrogens (tertiary/aromatic N) is 2. The molecule has 0 aliphatic carbocycles. The van der Waals surface area contributed by atoms with Crippen LogP contribution in [0.4, 0.5) is 5.69 Å². The van der Waals surface area contributed by atoms with Crippen LogP contribution in [-0.4, -0.2) is 29.9 Å². The molecule has 0 aliphatic rings. The van der Waals surface area contributed by atoms with Gasteiger partial charge in [0.1, 0.15) is 0 Å². The van der Waals surface area contributed by atoms with Crippen molar-refractivity contribution in [2.24, 2.45) is 0 Å². The summed E-state index contributed by atoms with van der Waals surface area (Å²) in [5, 5.41) is 7.67. The number of methoxy groups -OCH3 is 2. The Bertz CT molecular complexity index is 926. The molecular formula is C20H20ClN3O3. The number of nitrogens with one attached hydrogen (secondary N) is 1. The predicted octanol–water partition coefficient (Wildman–Crippen LogP) is 4.11. The lowest BCUT2D eigenvalue weighted by Crippen LogP contribution is -2.14. The Kier molecular flexibility index (Phi) is 5.98. The molecule has 140 valence electrons. The van der Waals surface area contributed by atoms with E-state index in [4.69, 9.17) is 21.1 Å². The van der Waals surface area contributed by atoms with Gasteiger partial charge in [-0.05, 0) is 48.4 Å². The number of hydrogen-bond donors (Lipinski definition) is 1. The molecule has 0 atom stereocenters. The van der Waals surface area contributed by atoms with Gasteiger partial charge in [0.05, 0.1) is 25.6 Å². The lowest BCUT2D eigenvalue weighted by atomic mass is 10.1. The number of hydrogen-bond acceptors (Lipinski definition) is 4. The van der Waals surface area contributed by atoms with E-state index in [9.17, 15) is 4.79 Å². The molecule has 0 fully saturated rings. The number of aryl methyl sites for hydroxylation is 1. The SMILES string of the molecule is COc1ccc(CCC(=O)Nc2cc(Cl)ccc2-n2cccn2)cc1OC. The van der Waals surface area contributed by atoms with Crippen LogP contribution in [0.2, 0.25) is 5.02 Å². The van der Waals surface area contributed by atoms with Crippen LogP contribution in [0.1, 0.15) is 12.0 Å². The minimum Gasteiger partial charge on any atom is -0.493 e. The topological polar surface area (TPSA) is 65.4 Å². The predicted molar refractivity (Wildman–Crippen MR) is 105 cm³/mol. The number of carbonyl (C=O) groups excluding carboxylic acids is 1. The highest BCUT2D eigenvalue weighted by Crippen LogP contribution is 2.28. The summed E-state index contributed by atoms with van der Waals surface area (Å²) in [4.78, 5) is 12.5. The summed E-state index contributed by atoms with van der Waals surface area (Å²) in [5.41, 5.74) is 2.36. The maximum atomic E-state index is 12.5. The summed E-state index contributed by atoms with van der Waals surface area (Å²) in [6, 6.07) is 12.7. The van der Waals surface area contributed by atoms with E-state index in [-0.39, 0.29) is 5.91 Å². The van der Waals surface area contributed by atoms with E-state index in [0.29, 0.717) is 35.1 Å². The minimum atomic E-state index is -0.111. The minimum absolute atomic E-state index is 0.111. The highest BCUT2D eigenvalue weighted by atomic mass is 35.5. The summed E-state index contributed by atoms with van der Waals surface area (Å²) in [7, 11) is 3.18. The van der Waals surface area contributed by atoms with Crippen molar-refractivity contribution < 1.29 is 14.3 Å². The van der Waals surface area contributed by atoms with Crippen LogP contribution in [0.15, 0.2) is 54.9 Å². The molecule has 3 rings (SSSR count). The van der Waals surface area contributed by atoms with Gasteiger partial charge < -0.3 is 14.8 Å². The van der Waals surface area contributed by atoms with Gasteiger partial charge in [-0.1, -0.05) is 17.7 Å². The fraction of sp³-hybridized carbons (Fsp3) is 0.200. The third-order valence-corrected chi connectivity index (χ3v) is 4.31. The number of aromatic nitrogens is 2. The van der Waals surface area contributed by atoms with Gasteiger partial charge in [-0.3, -0.25) is 4.79 Å². The number of carbonyl (C=O) groups is 1. The summed E-state index contributed by atoms with van der Waals surface area (Å²) in [6.45, 7) is 0. The average Bonchev–Trinajstić information content (AvgIpc) is 3.20. The molecule has 27 heavy (non-hydrogen) atoms. The largest absolute Gasteiger partial charge is 0.493 e. The Morgan fingerprint density at radius 1 is 1.15 bits per heavy atom. The highest BCUT2D eigenvalue weighted by molar-refractivity contribution is 6.31. The third-order valence-electron chi connectivity index (χ3n) is 4.07. The molecule has 6 nitrogen and oxygen atoms in total. The van der Waals surface area contributed by atoms with Gasteiger partial charge in [0.15, 0.2) is 11.5 Å². The maximum absolute atomic E-state index is 12.5. The molecule has 2 aromatic carbocycles. The van der Waals surface area contributed by atoms with Crippen molar-refractivity contribution in [3.8, 4) is 17.2 Å². The van der Waals surface area contributed by atoms with Crippen LogP contribution in [0.25, 0.3) is 5.69 Å². The zero-order chi connectivity index (χ0) is 19.2. The number of benzene rings is 2. The van der Waals surface area contributed by atoms with Gasteiger partial charge in [-0.2, -0.15) is 5.10 Å². The van der Waals surface area contributed by atoms with Gasteiger partial charge >= 0.3 is 0 Å². The van der Waals surface area contributed by atoms with E-state index < -0.39 is 0 Å². The first-order chi connectivity index (χ1) is 13.1. The molecule has 0 spiro atoms.